The molecule has 3 aliphatic carbocycles. The zero-order chi connectivity index (χ0) is 15.3. The molecular weight excluding hydrogens is 270 g/mol. The third kappa shape index (κ3) is 1.92. The molecule has 118 valence electrons. The van der Waals surface area contributed by atoms with Crippen LogP contribution in [0.4, 0.5) is 5.69 Å². The summed E-state index contributed by atoms with van der Waals surface area (Å²) in [6, 6.07) is 6.17. The van der Waals surface area contributed by atoms with E-state index in [1.54, 1.807) is 0 Å². The van der Waals surface area contributed by atoms with E-state index in [0.29, 0.717) is 11.1 Å². The Balaban J connectivity index is 1.67. The van der Waals surface area contributed by atoms with E-state index in [0.717, 1.165) is 30.1 Å². The molecule has 0 aliphatic heterocycles. The van der Waals surface area contributed by atoms with Gasteiger partial charge in [-0.15, -0.1) is 4.91 Å². The van der Waals surface area contributed by atoms with Crippen LogP contribution in [0, 0.1) is 28.1 Å². The molecule has 5 atom stereocenters. The number of hydrogen-bond donors (Lipinski definition) is 0. The van der Waals surface area contributed by atoms with Gasteiger partial charge in [0.05, 0.1) is 0 Å². The van der Waals surface area contributed by atoms with E-state index in [1.807, 2.05) is 12.1 Å². The van der Waals surface area contributed by atoms with Gasteiger partial charge in [-0.3, -0.25) is 0 Å². The number of nitrogens with zero attached hydrogens (tertiary/aromatic N) is 1. The highest BCUT2D eigenvalue weighted by Gasteiger charge is 2.53. The van der Waals surface area contributed by atoms with Crippen molar-refractivity contribution in [1.29, 1.82) is 0 Å². The Morgan fingerprint density at radius 2 is 2.09 bits per heavy atom. The van der Waals surface area contributed by atoms with Crippen molar-refractivity contribution in [3.05, 3.63) is 34.2 Å². The average molecular weight is 297 g/mol. The van der Waals surface area contributed by atoms with Crippen molar-refractivity contribution in [2.75, 3.05) is 0 Å². The summed E-state index contributed by atoms with van der Waals surface area (Å²) in [5, 5.41) is 3.12. The minimum Gasteiger partial charge on any atom is -0.145 e. The summed E-state index contributed by atoms with van der Waals surface area (Å²) in [7, 11) is 0. The number of aryl methyl sites for hydroxylation is 1. The van der Waals surface area contributed by atoms with Gasteiger partial charge in [0.2, 0.25) is 0 Å². The van der Waals surface area contributed by atoms with Crippen molar-refractivity contribution in [3.63, 3.8) is 0 Å². The van der Waals surface area contributed by atoms with Crippen LogP contribution in [0.3, 0.4) is 0 Å². The Morgan fingerprint density at radius 1 is 1.23 bits per heavy atom. The van der Waals surface area contributed by atoms with Crippen molar-refractivity contribution in [2.45, 2.75) is 64.7 Å². The first-order valence-electron chi connectivity index (χ1n) is 9.13. The molecule has 4 unspecified atom stereocenters. The van der Waals surface area contributed by atoms with E-state index in [-0.39, 0.29) is 0 Å². The first kappa shape index (κ1) is 14.4. The van der Waals surface area contributed by atoms with Gasteiger partial charge in [0.15, 0.2) is 0 Å². The molecule has 2 heteroatoms. The monoisotopic (exact) mass is 297 g/mol. The molecule has 2 saturated carbocycles. The predicted molar refractivity (Wildman–Crippen MR) is 90.3 cm³/mol. The van der Waals surface area contributed by atoms with E-state index >= 15 is 0 Å². The third-order valence-electron chi connectivity index (χ3n) is 7.50. The molecule has 2 fully saturated rings. The van der Waals surface area contributed by atoms with Crippen LogP contribution in [0.25, 0.3) is 0 Å². The zero-order valence-corrected chi connectivity index (χ0v) is 13.8. The van der Waals surface area contributed by atoms with Gasteiger partial charge in [-0.25, -0.2) is 0 Å². The summed E-state index contributed by atoms with van der Waals surface area (Å²) in [5.41, 5.74) is 4.12. The Morgan fingerprint density at radius 3 is 2.86 bits per heavy atom. The molecule has 2 nitrogen and oxygen atoms in total. The number of rotatable bonds is 2. The van der Waals surface area contributed by atoms with Crippen LogP contribution in [-0.4, -0.2) is 0 Å². The first-order valence-corrected chi connectivity index (χ1v) is 9.13. The maximum atomic E-state index is 10.8. The summed E-state index contributed by atoms with van der Waals surface area (Å²) < 4.78 is 0. The van der Waals surface area contributed by atoms with Crippen molar-refractivity contribution < 1.29 is 0 Å². The number of fused-ring (bicyclic) bond motifs is 5. The number of hydrogen-bond acceptors (Lipinski definition) is 2. The average Bonchev–Trinajstić information content (AvgIpc) is 2.90. The van der Waals surface area contributed by atoms with Gasteiger partial charge in [-0.1, -0.05) is 26.3 Å². The summed E-state index contributed by atoms with van der Waals surface area (Å²) in [4.78, 5) is 10.8. The minimum atomic E-state index is 0.595. The molecule has 4 rings (SSSR count). The highest BCUT2D eigenvalue weighted by atomic mass is 16.3. The van der Waals surface area contributed by atoms with Crippen molar-refractivity contribution in [1.82, 2.24) is 0 Å². The number of benzene rings is 1. The summed E-state index contributed by atoms with van der Waals surface area (Å²) in [6.45, 7) is 4.97. The highest BCUT2D eigenvalue weighted by molar-refractivity contribution is 5.47. The van der Waals surface area contributed by atoms with Crippen LogP contribution in [0.2, 0.25) is 0 Å². The smallest absolute Gasteiger partial charge is 0.108 e. The molecule has 0 heterocycles. The highest BCUT2D eigenvalue weighted by Crippen LogP contribution is 2.63. The lowest BCUT2D eigenvalue weighted by Crippen LogP contribution is -2.42. The standard InChI is InChI=1S/C20H27NO/c1-3-14-5-9-19-18-7-4-13-12-15(21-22)6-8-16(13)17(18)10-11-20(14,19)2/h6,8,12,14,17-19H,3-5,7,9-11H2,1-2H3/t14-,17?,18?,19?,20?/m0/s1. The van der Waals surface area contributed by atoms with Gasteiger partial charge in [-0.05, 0) is 96.0 Å². The van der Waals surface area contributed by atoms with Gasteiger partial charge >= 0.3 is 0 Å². The van der Waals surface area contributed by atoms with Crippen molar-refractivity contribution in [3.8, 4) is 0 Å². The second kappa shape index (κ2) is 5.18. The maximum absolute atomic E-state index is 10.8. The summed E-state index contributed by atoms with van der Waals surface area (Å²) in [5.74, 6) is 3.48. The minimum absolute atomic E-state index is 0.595. The molecule has 0 N–H and O–H groups in total. The number of nitroso groups, excluding NO2 is 1. The fourth-order valence-corrected chi connectivity index (χ4v) is 6.40. The fraction of sp³-hybridized carbons (Fsp3) is 0.700. The topological polar surface area (TPSA) is 29.4 Å². The Labute approximate surface area is 133 Å². The van der Waals surface area contributed by atoms with E-state index in [2.05, 4.69) is 25.1 Å². The van der Waals surface area contributed by atoms with E-state index < -0.39 is 0 Å². The fourth-order valence-electron chi connectivity index (χ4n) is 6.40. The molecule has 0 spiro atoms. The van der Waals surface area contributed by atoms with Crippen LogP contribution in [0.5, 0.6) is 0 Å². The summed E-state index contributed by atoms with van der Waals surface area (Å²) >= 11 is 0. The Hall–Kier alpha value is -1.18. The molecular formula is C20H27NO. The third-order valence-corrected chi connectivity index (χ3v) is 7.50. The van der Waals surface area contributed by atoms with Gasteiger partial charge in [-0.2, -0.15) is 0 Å². The van der Waals surface area contributed by atoms with Crippen LogP contribution < -0.4 is 0 Å². The van der Waals surface area contributed by atoms with Crippen LogP contribution in [0.15, 0.2) is 23.4 Å². The van der Waals surface area contributed by atoms with Gasteiger partial charge in [0, 0.05) is 0 Å². The molecule has 0 amide bonds. The molecule has 0 saturated heterocycles. The quantitative estimate of drug-likeness (QED) is 0.619. The van der Waals surface area contributed by atoms with Crippen LogP contribution in [0.1, 0.15) is 69.4 Å². The van der Waals surface area contributed by atoms with Gasteiger partial charge in [0.25, 0.3) is 0 Å². The molecule has 1 aromatic rings. The van der Waals surface area contributed by atoms with Crippen LogP contribution >= 0.6 is 0 Å². The Bertz CT molecular complexity index is 595. The van der Waals surface area contributed by atoms with Crippen LogP contribution in [-0.2, 0) is 6.42 Å². The predicted octanol–water partition coefficient (Wildman–Crippen LogP) is 5.97. The Kier molecular flexibility index (Phi) is 3.39. The normalized spacial score (nSPS) is 39.7. The van der Waals surface area contributed by atoms with E-state index in [1.165, 1.54) is 49.7 Å². The van der Waals surface area contributed by atoms with Crippen molar-refractivity contribution in [2.24, 2.45) is 28.3 Å². The van der Waals surface area contributed by atoms with Crippen molar-refractivity contribution >= 4 is 5.69 Å². The van der Waals surface area contributed by atoms with Gasteiger partial charge < -0.3 is 0 Å². The SMILES string of the molecule is CC[C@H]1CCC2C3CCc4cc(N=O)ccc4C3CCC21C. The first-order chi connectivity index (χ1) is 10.7. The lowest BCUT2D eigenvalue weighted by Gasteiger charge is -2.51. The zero-order valence-electron chi connectivity index (χ0n) is 13.8. The summed E-state index contributed by atoms with van der Waals surface area (Å²) in [6.07, 6.45) is 9.44. The molecule has 0 radical (unpaired) electrons. The second-order valence-corrected chi connectivity index (χ2v) is 8.12. The maximum Gasteiger partial charge on any atom is 0.108 e. The largest absolute Gasteiger partial charge is 0.145 e. The van der Waals surface area contributed by atoms with E-state index in [9.17, 15) is 4.91 Å². The molecule has 1 aromatic carbocycles. The van der Waals surface area contributed by atoms with E-state index in [4.69, 9.17) is 0 Å². The lowest BCUT2D eigenvalue weighted by molar-refractivity contribution is 0.0274. The van der Waals surface area contributed by atoms with Gasteiger partial charge in [0.1, 0.15) is 5.69 Å². The molecule has 22 heavy (non-hydrogen) atoms. The molecule has 0 bridgehead atoms. The lowest BCUT2D eigenvalue weighted by atomic mass is 9.54. The second-order valence-electron chi connectivity index (χ2n) is 8.12. The molecule has 3 aliphatic rings. The molecule has 0 aromatic heterocycles.